The van der Waals surface area contributed by atoms with E-state index in [1.54, 1.807) is 38.5 Å². The van der Waals surface area contributed by atoms with E-state index in [1.807, 2.05) is 55.5 Å². The monoisotopic (exact) mass is 687 g/mol. The molecular formula is C41H41N3O5S. The van der Waals surface area contributed by atoms with Gasteiger partial charge in [0.15, 0.2) is 5.78 Å². The number of carbonyl (C=O) groups is 2. The maximum Gasteiger partial charge on any atom is 0.309 e. The summed E-state index contributed by atoms with van der Waals surface area (Å²) in [5.41, 5.74) is 5.18. The number of carboxylic acids is 1. The van der Waals surface area contributed by atoms with Gasteiger partial charge in [-0.05, 0) is 80.6 Å². The fourth-order valence-electron chi connectivity index (χ4n) is 7.09. The number of fused-ring (bicyclic) bond motifs is 2. The molecule has 1 unspecified atom stereocenters. The van der Waals surface area contributed by atoms with E-state index >= 15 is 0 Å². The summed E-state index contributed by atoms with van der Waals surface area (Å²) in [6.07, 6.45) is 5.07. The average Bonchev–Trinajstić information content (AvgIpc) is 3.65. The molecular weight excluding hydrogens is 647 g/mol. The lowest BCUT2D eigenvalue weighted by Crippen LogP contribution is -2.34. The number of carbonyl (C=O) groups excluding carboxylic acids is 1. The number of nitrogens with zero attached hydrogens (tertiary/aromatic N) is 3. The van der Waals surface area contributed by atoms with Crippen LogP contribution in [0.4, 0.5) is 0 Å². The summed E-state index contributed by atoms with van der Waals surface area (Å²) >= 11 is 1.60. The van der Waals surface area contributed by atoms with E-state index in [9.17, 15) is 14.7 Å². The van der Waals surface area contributed by atoms with Crippen molar-refractivity contribution in [3.63, 3.8) is 0 Å². The number of thiazole rings is 1. The molecule has 0 aliphatic heterocycles. The van der Waals surface area contributed by atoms with E-state index in [2.05, 4.69) is 39.9 Å². The Balaban J connectivity index is 1.32. The summed E-state index contributed by atoms with van der Waals surface area (Å²) in [5, 5.41) is 12.1. The summed E-state index contributed by atoms with van der Waals surface area (Å²) in [5.74, 6) is -0.0669. The molecule has 50 heavy (non-hydrogen) atoms. The number of pyridine rings is 1. The van der Waals surface area contributed by atoms with Crippen molar-refractivity contribution in [2.24, 2.45) is 11.3 Å². The number of ketones is 1. The van der Waals surface area contributed by atoms with E-state index < -0.39 is 17.3 Å². The molecule has 3 aromatic heterocycles. The number of hydrogen-bond acceptors (Lipinski definition) is 7. The van der Waals surface area contributed by atoms with Crippen molar-refractivity contribution in [3.8, 4) is 22.8 Å². The molecule has 1 aliphatic carbocycles. The maximum absolute atomic E-state index is 14.5. The van der Waals surface area contributed by atoms with Crippen molar-refractivity contribution >= 4 is 44.2 Å². The Morgan fingerprint density at radius 3 is 2.42 bits per heavy atom. The second-order valence-corrected chi connectivity index (χ2v) is 14.8. The Morgan fingerprint density at radius 1 is 1.02 bits per heavy atom. The lowest BCUT2D eigenvalue weighted by atomic mass is 9.72. The third kappa shape index (κ3) is 6.26. The molecule has 1 aliphatic rings. The molecule has 0 spiro atoms. The Morgan fingerprint density at radius 2 is 1.78 bits per heavy atom. The lowest BCUT2D eigenvalue weighted by molar-refractivity contribution is -0.148. The summed E-state index contributed by atoms with van der Waals surface area (Å²) < 4.78 is 14.8. The van der Waals surface area contributed by atoms with Gasteiger partial charge in [0.2, 0.25) is 5.88 Å². The van der Waals surface area contributed by atoms with E-state index in [4.69, 9.17) is 14.5 Å². The van der Waals surface area contributed by atoms with Crippen molar-refractivity contribution < 1.29 is 24.2 Å². The molecule has 0 bridgehead atoms. The summed E-state index contributed by atoms with van der Waals surface area (Å²) in [6.45, 7) is 6.34. The van der Waals surface area contributed by atoms with Crippen molar-refractivity contribution in [1.82, 2.24) is 14.5 Å². The summed E-state index contributed by atoms with van der Waals surface area (Å²) in [6, 6.07) is 26.1. The SMILES string of the molecule is CCC(c1c(C(=O)C2CCC2)c2cc(OCc3nc4ccccc4s3)ccc2n1Cc1ccc(-c2ccc(OC)nc2)cc1)C(C)(C)C(=O)O. The largest absolute Gasteiger partial charge is 0.486 e. The van der Waals surface area contributed by atoms with Crippen LogP contribution in [0.3, 0.4) is 0 Å². The van der Waals surface area contributed by atoms with Gasteiger partial charge in [0, 0.05) is 58.4 Å². The van der Waals surface area contributed by atoms with Crippen LogP contribution in [0.5, 0.6) is 11.6 Å². The normalized spacial score (nSPS) is 14.1. The molecule has 6 aromatic rings. The van der Waals surface area contributed by atoms with Gasteiger partial charge in [0.25, 0.3) is 0 Å². The van der Waals surface area contributed by atoms with Crippen molar-refractivity contribution in [2.45, 2.75) is 65.5 Å². The van der Waals surface area contributed by atoms with Crippen LogP contribution in [0.1, 0.15) is 79.0 Å². The lowest BCUT2D eigenvalue weighted by Gasteiger charge is -2.33. The highest BCUT2D eigenvalue weighted by molar-refractivity contribution is 7.18. The van der Waals surface area contributed by atoms with Crippen LogP contribution < -0.4 is 9.47 Å². The predicted molar refractivity (Wildman–Crippen MR) is 197 cm³/mol. The minimum atomic E-state index is -1.12. The van der Waals surface area contributed by atoms with Gasteiger partial charge >= 0.3 is 5.97 Å². The second-order valence-electron chi connectivity index (χ2n) is 13.7. The number of aliphatic carboxylic acids is 1. The third-order valence-electron chi connectivity index (χ3n) is 10.2. The number of methoxy groups -OCH3 is 1. The third-order valence-corrected chi connectivity index (χ3v) is 11.2. The number of Topliss-reactive ketones (excluding diaryl/α,β-unsaturated/α-hetero) is 1. The smallest absolute Gasteiger partial charge is 0.309 e. The molecule has 9 heteroatoms. The molecule has 256 valence electrons. The Labute approximate surface area is 295 Å². The summed E-state index contributed by atoms with van der Waals surface area (Å²) in [7, 11) is 1.60. The van der Waals surface area contributed by atoms with Crippen LogP contribution in [-0.2, 0) is 17.9 Å². The number of hydrogen-bond donors (Lipinski definition) is 1. The first-order valence-electron chi connectivity index (χ1n) is 17.2. The average molecular weight is 688 g/mol. The Bertz CT molecular complexity index is 2150. The van der Waals surface area contributed by atoms with Crippen molar-refractivity contribution in [2.75, 3.05) is 7.11 Å². The zero-order chi connectivity index (χ0) is 35.0. The molecule has 0 amide bonds. The van der Waals surface area contributed by atoms with Crippen LogP contribution in [0.25, 0.3) is 32.2 Å². The van der Waals surface area contributed by atoms with E-state index in [0.29, 0.717) is 36.8 Å². The first kappa shape index (κ1) is 33.5. The Hall–Kier alpha value is -5.02. The van der Waals surface area contributed by atoms with Gasteiger partial charge in [0.1, 0.15) is 17.4 Å². The summed E-state index contributed by atoms with van der Waals surface area (Å²) in [4.78, 5) is 36.3. The number of carboxylic acid groups (broad SMARTS) is 1. The first-order valence-corrected chi connectivity index (χ1v) is 18.0. The van der Waals surface area contributed by atoms with Crippen LogP contribution in [0.15, 0.2) is 85.1 Å². The number of ether oxygens (including phenoxy) is 2. The highest BCUT2D eigenvalue weighted by atomic mass is 32.1. The van der Waals surface area contributed by atoms with E-state index in [-0.39, 0.29) is 11.7 Å². The fraction of sp³-hybridized carbons (Fsp3) is 0.317. The molecule has 0 saturated heterocycles. The number of rotatable bonds is 13. The highest BCUT2D eigenvalue weighted by Gasteiger charge is 2.42. The molecule has 3 heterocycles. The predicted octanol–water partition coefficient (Wildman–Crippen LogP) is 9.54. The van der Waals surface area contributed by atoms with E-state index in [1.165, 1.54) is 0 Å². The Kier molecular flexibility index (Phi) is 9.18. The molecule has 1 atom stereocenters. The van der Waals surface area contributed by atoms with Crippen molar-refractivity contribution in [3.05, 3.63) is 107 Å². The maximum atomic E-state index is 14.5. The number of aromatic nitrogens is 3. The van der Waals surface area contributed by atoms with Gasteiger partial charge in [0.05, 0.1) is 22.7 Å². The topological polar surface area (TPSA) is 104 Å². The number of benzene rings is 3. The second kappa shape index (κ2) is 13.7. The van der Waals surface area contributed by atoms with Crippen LogP contribution in [-0.4, -0.2) is 38.5 Å². The standard InChI is InChI=1S/C41H41N3O5S/c1-5-31(41(2,3)40(46)47)38-37(39(45)27-9-8-10-27)30-21-29(49-24-36-43-32-11-6-7-12-34(32)50-36)18-19-33(30)44(38)23-25-13-15-26(16-14-25)28-17-20-35(48-4)42-22-28/h6-7,11-22,27,31H,5,8-10,23-24H2,1-4H3,(H,46,47). The zero-order valence-corrected chi connectivity index (χ0v) is 29.6. The first-order chi connectivity index (χ1) is 24.2. The van der Waals surface area contributed by atoms with Gasteiger partial charge in [-0.15, -0.1) is 11.3 Å². The van der Waals surface area contributed by atoms with Gasteiger partial charge in [-0.25, -0.2) is 9.97 Å². The quantitative estimate of drug-likeness (QED) is 0.121. The highest BCUT2D eigenvalue weighted by Crippen LogP contribution is 2.46. The molecule has 1 fully saturated rings. The van der Waals surface area contributed by atoms with Gasteiger partial charge in [-0.3, -0.25) is 9.59 Å². The van der Waals surface area contributed by atoms with Crippen molar-refractivity contribution in [1.29, 1.82) is 0 Å². The van der Waals surface area contributed by atoms with Gasteiger partial charge in [-0.1, -0.05) is 49.7 Å². The molecule has 1 saturated carbocycles. The molecule has 7 rings (SSSR count). The molecule has 8 nitrogen and oxygen atoms in total. The molecule has 3 aromatic carbocycles. The zero-order valence-electron chi connectivity index (χ0n) is 28.8. The van der Waals surface area contributed by atoms with Crippen LogP contribution in [0, 0.1) is 11.3 Å². The fourth-order valence-corrected chi connectivity index (χ4v) is 7.97. The molecule has 0 radical (unpaired) electrons. The van der Waals surface area contributed by atoms with Gasteiger partial charge in [-0.2, -0.15) is 0 Å². The number of para-hydroxylation sites is 1. The van der Waals surface area contributed by atoms with E-state index in [0.717, 1.165) is 67.8 Å². The van der Waals surface area contributed by atoms with Gasteiger partial charge < -0.3 is 19.1 Å². The van der Waals surface area contributed by atoms with Crippen LogP contribution in [0.2, 0.25) is 0 Å². The molecule has 1 N–H and O–H groups in total. The minimum Gasteiger partial charge on any atom is -0.486 e. The van der Waals surface area contributed by atoms with Crippen LogP contribution >= 0.6 is 11.3 Å². The minimum absolute atomic E-state index is 0.0667.